The number of hydrogen-bond acceptors (Lipinski definition) is 3. The van der Waals surface area contributed by atoms with E-state index in [1.807, 2.05) is 6.08 Å². The molecular weight excluding hydrogens is 518 g/mol. The predicted molar refractivity (Wildman–Crippen MR) is 184 cm³/mol. The molecule has 2 atom stereocenters. The number of nitrogens with one attached hydrogen (secondary N) is 1. The summed E-state index contributed by atoms with van der Waals surface area (Å²) in [5.41, 5.74) is 0. The van der Waals surface area contributed by atoms with Crippen molar-refractivity contribution in [2.24, 2.45) is 0 Å². The van der Waals surface area contributed by atoms with E-state index in [1.54, 1.807) is 6.08 Å². The summed E-state index contributed by atoms with van der Waals surface area (Å²) in [6.07, 6.45) is 44.8. The second-order valence-electron chi connectivity index (χ2n) is 11.9. The summed E-state index contributed by atoms with van der Waals surface area (Å²) in [5.74, 6) is -0.0829. The summed E-state index contributed by atoms with van der Waals surface area (Å²) in [6.45, 7) is 4.23. The molecule has 42 heavy (non-hydrogen) atoms. The topological polar surface area (TPSA) is 69.6 Å². The van der Waals surface area contributed by atoms with Gasteiger partial charge in [-0.3, -0.25) is 4.79 Å². The fourth-order valence-electron chi connectivity index (χ4n) is 4.99. The zero-order valence-electron chi connectivity index (χ0n) is 27.8. The maximum atomic E-state index is 12.3. The van der Waals surface area contributed by atoms with Crippen molar-refractivity contribution in [1.29, 1.82) is 0 Å². The Morgan fingerprint density at radius 2 is 1.00 bits per heavy atom. The summed E-state index contributed by atoms with van der Waals surface area (Å²) in [5, 5.41) is 22.8. The highest BCUT2D eigenvalue weighted by atomic mass is 16.3. The molecule has 244 valence electrons. The van der Waals surface area contributed by atoms with Gasteiger partial charge in [0.25, 0.3) is 0 Å². The number of carbonyl (C=O) groups excluding carboxylic acids is 1. The maximum Gasteiger partial charge on any atom is 0.220 e. The average Bonchev–Trinajstić information content (AvgIpc) is 2.99. The summed E-state index contributed by atoms with van der Waals surface area (Å²) in [4.78, 5) is 12.3. The molecular formula is C38H69NO3. The van der Waals surface area contributed by atoms with Crippen LogP contribution >= 0.6 is 0 Å². The summed E-state index contributed by atoms with van der Waals surface area (Å²) >= 11 is 0. The molecule has 0 heterocycles. The Labute approximate surface area is 261 Å². The molecule has 1 amide bonds. The van der Waals surface area contributed by atoms with Crippen molar-refractivity contribution in [2.75, 3.05) is 6.61 Å². The Morgan fingerprint density at radius 3 is 1.57 bits per heavy atom. The van der Waals surface area contributed by atoms with E-state index in [4.69, 9.17) is 0 Å². The maximum absolute atomic E-state index is 12.3. The molecule has 2 unspecified atom stereocenters. The van der Waals surface area contributed by atoms with E-state index < -0.39 is 12.1 Å². The quantitative estimate of drug-likeness (QED) is 0.0558. The Bertz CT molecular complexity index is 682. The first-order valence-electron chi connectivity index (χ1n) is 17.9. The van der Waals surface area contributed by atoms with Crippen LogP contribution in [0.1, 0.15) is 168 Å². The van der Waals surface area contributed by atoms with E-state index in [0.717, 1.165) is 38.5 Å². The van der Waals surface area contributed by atoms with Gasteiger partial charge < -0.3 is 15.5 Å². The molecule has 0 saturated carbocycles. The molecule has 0 spiro atoms. The van der Waals surface area contributed by atoms with Crippen LogP contribution in [-0.4, -0.2) is 34.9 Å². The van der Waals surface area contributed by atoms with E-state index in [1.165, 1.54) is 109 Å². The van der Waals surface area contributed by atoms with Gasteiger partial charge >= 0.3 is 0 Å². The van der Waals surface area contributed by atoms with Gasteiger partial charge in [-0.1, -0.05) is 146 Å². The van der Waals surface area contributed by atoms with Gasteiger partial charge in [0, 0.05) is 6.42 Å². The first kappa shape index (κ1) is 40.4. The molecule has 3 N–H and O–H groups in total. The third-order valence-corrected chi connectivity index (χ3v) is 7.78. The van der Waals surface area contributed by atoms with Gasteiger partial charge in [0.05, 0.1) is 18.8 Å². The fourth-order valence-corrected chi connectivity index (χ4v) is 4.99. The number of amides is 1. The first-order valence-corrected chi connectivity index (χ1v) is 17.9. The molecule has 0 fully saturated rings. The highest BCUT2D eigenvalue weighted by Crippen LogP contribution is 2.12. The minimum atomic E-state index is -0.861. The van der Waals surface area contributed by atoms with Gasteiger partial charge in [0.15, 0.2) is 0 Å². The molecule has 0 aliphatic carbocycles. The van der Waals surface area contributed by atoms with Crippen LogP contribution in [0.3, 0.4) is 0 Å². The molecule has 0 aromatic carbocycles. The molecule has 0 bridgehead atoms. The Hall–Kier alpha value is -1.65. The van der Waals surface area contributed by atoms with Gasteiger partial charge in [0.1, 0.15) is 0 Å². The van der Waals surface area contributed by atoms with Crippen LogP contribution in [0, 0.1) is 0 Å². The van der Waals surface area contributed by atoms with Crippen molar-refractivity contribution in [3.05, 3.63) is 48.6 Å². The van der Waals surface area contributed by atoms with Gasteiger partial charge in [-0.15, -0.1) is 0 Å². The normalized spacial score (nSPS) is 13.7. The van der Waals surface area contributed by atoms with Gasteiger partial charge in [0.2, 0.25) is 5.91 Å². The Kier molecular flexibility index (Phi) is 32.5. The third kappa shape index (κ3) is 29.8. The summed E-state index contributed by atoms with van der Waals surface area (Å²) < 4.78 is 0. The predicted octanol–water partition coefficient (Wildman–Crippen LogP) is 10.5. The molecule has 0 rings (SSSR count). The fraction of sp³-hybridized carbons (Fsp3) is 0.763. The van der Waals surface area contributed by atoms with Gasteiger partial charge in [-0.25, -0.2) is 0 Å². The number of allylic oxidation sites excluding steroid dienone is 7. The molecule has 0 aromatic heterocycles. The highest BCUT2D eigenvalue weighted by molar-refractivity contribution is 5.76. The van der Waals surface area contributed by atoms with E-state index in [-0.39, 0.29) is 12.5 Å². The van der Waals surface area contributed by atoms with Crippen molar-refractivity contribution < 1.29 is 15.0 Å². The van der Waals surface area contributed by atoms with Crippen LogP contribution in [0.4, 0.5) is 0 Å². The second-order valence-corrected chi connectivity index (χ2v) is 11.9. The van der Waals surface area contributed by atoms with E-state index in [9.17, 15) is 15.0 Å². The third-order valence-electron chi connectivity index (χ3n) is 7.78. The molecule has 0 aliphatic rings. The zero-order valence-corrected chi connectivity index (χ0v) is 27.8. The first-order chi connectivity index (χ1) is 20.7. The molecule has 4 nitrogen and oxygen atoms in total. The average molecular weight is 588 g/mol. The van der Waals surface area contributed by atoms with Crippen molar-refractivity contribution in [2.45, 2.75) is 180 Å². The number of carbonyl (C=O) groups is 1. The highest BCUT2D eigenvalue weighted by Gasteiger charge is 2.17. The van der Waals surface area contributed by atoms with Crippen LogP contribution in [0.2, 0.25) is 0 Å². The van der Waals surface area contributed by atoms with Crippen LogP contribution in [0.25, 0.3) is 0 Å². The second kappa shape index (κ2) is 33.8. The summed E-state index contributed by atoms with van der Waals surface area (Å²) in [7, 11) is 0. The lowest BCUT2D eigenvalue weighted by atomic mass is 10.1. The van der Waals surface area contributed by atoms with Gasteiger partial charge in [-0.05, 0) is 64.2 Å². The largest absolute Gasteiger partial charge is 0.394 e. The van der Waals surface area contributed by atoms with Crippen molar-refractivity contribution in [1.82, 2.24) is 5.32 Å². The number of unbranched alkanes of at least 4 members (excludes halogenated alkanes) is 18. The van der Waals surface area contributed by atoms with Crippen molar-refractivity contribution >= 4 is 5.91 Å². The van der Waals surface area contributed by atoms with Crippen LogP contribution in [0.15, 0.2) is 48.6 Å². The van der Waals surface area contributed by atoms with Crippen LogP contribution in [-0.2, 0) is 4.79 Å². The van der Waals surface area contributed by atoms with Crippen molar-refractivity contribution in [3.63, 3.8) is 0 Å². The number of hydrogen-bond donors (Lipinski definition) is 3. The lowest BCUT2D eigenvalue weighted by Gasteiger charge is -2.19. The lowest BCUT2D eigenvalue weighted by Crippen LogP contribution is -2.45. The Balaban J connectivity index is 3.66. The SMILES string of the molecule is CCCCC/C=C\C/C=C\CCCCCCCCCCCC(=O)NC(CO)C(O)/C=C/CC/C=C/CCCCCCC. The van der Waals surface area contributed by atoms with Crippen molar-refractivity contribution in [3.8, 4) is 0 Å². The van der Waals surface area contributed by atoms with E-state index in [2.05, 4.69) is 55.6 Å². The lowest BCUT2D eigenvalue weighted by molar-refractivity contribution is -0.123. The standard InChI is InChI=1S/C38H69NO3/c1-3-5-7-9-11-13-15-16-17-18-19-20-21-22-24-26-28-30-32-34-38(42)39-36(35-40)37(41)33-31-29-27-25-23-14-12-10-8-6-4-2/h11,13,16-17,23,25,31,33,36-37,40-41H,3-10,12,14-15,18-22,24,26-30,32,34-35H2,1-2H3,(H,39,42)/b13-11-,17-16-,25-23+,33-31+. The number of aliphatic hydroxyl groups is 2. The number of aliphatic hydroxyl groups excluding tert-OH is 2. The van der Waals surface area contributed by atoms with Gasteiger partial charge in [-0.2, -0.15) is 0 Å². The molecule has 0 aromatic rings. The minimum Gasteiger partial charge on any atom is -0.394 e. The van der Waals surface area contributed by atoms with E-state index >= 15 is 0 Å². The smallest absolute Gasteiger partial charge is 0.220 e. The molecule has 4 heteroatoms. The summed E-state index contributed by atoms with van der Waals surface area (Å²) in [6, 6.07) is -0.639. The van der Waals surface area contributed by atoms with Crippen LogP contribution < -0.4 is 5.32 Å². The van der Waals surface area contributed by atoms with E-state index in [0.29, 0.717) is 6.42 Å². The number of rotatable bonds is 31. The molecule has 0 saturated heterocycles. The minimum absolute atomic E-state index is 0.0829. The van der Waals surface area contributed by atoms with Crippen LogP contribution in [0.5, 0.6) is 0 Å². The monoisotopic (exact) mass is 588 g/mol. The molecule has 0 radical (unpaired) electrons. The zero-order chi connectivity index (χ0) is 30.8. The molecule has 0 aliphatic heterocycles. The Morgan fingerprint density at radius 1 is 0.571 bits per heavy atom.